The number of amides is 1. The zero-order valence-electron chi connectivity index (χ0n) is 13.0. The lowest BCUT2D eigenvalue weighted by Gasteiger charge is -2.20. The average molecular weight is 349 g/mol. The lowest BCUT2D eigenvalue weighted by molar-refractivity contribution is -0.126. The molecular formula is C16H19N3O2S2. The normalized spacial score (nSPS) is 16.3. The summed E-state index contributed by atoms with van der Waals surface area (Å²) in [4.78, 5) is 33.6. The number of thiophene rings is 1. The molecule has 0 spiro atoms. The van der Waals surface area contributed by atoms with Crippen molar-refractivity contribution >= 4 is 34.4 Å². The second-order valence-corrected chi connectivity index (χ2v) is 7.60. The van der Waals surface area contributed by atoms with Crippen LogP contribution in [-0.2, 0) is 11.3 Å². The minimum Gasteiger partial charge on any atom is -0.334 e. The highest BCUT2D eigenvalue weighted by molar-refractivity contribution is 7.13. The fourth-order valence-corrected chi connectivity index (χ4v) is 3.96. The van der Waals surface area contributed by atoms with E-state index in [0.717, 1.165) is 36.8 Å². The third-order valence-corrected chi connectivity index (χ3v) is 5.56. The Balaban J connectivity index is 1.57. The van der Waals surface area contributed by atoms with Crippen molar-refractivity contribution in [1.82, 2.24) is 14.8 Å². The SMILES string of the molecule is Cc1nc(CN2CCCN(C(=O)C(=O)c3cccs3)CC2)cs1. The standard InChI is InChI=1S/C16H19N3O2S2/c1-12-17-13(11-23-12)10-18-5-3-6-19(8-7-18)16(21)15(20)14-4-2-9-22-14/h2,4,9,11H,3,5-8,10H2,1H3. The van der Waals surface area contributed by atoms with E-state index in [4.69, 9.17) is 0 Å². The van der Waals surface area contributed by atoms with Gasteiger partial charge in [0.25, 0.3) is 11.7 Å². The molecule has 2 aromatic heterocycles. The molecule has 1 amide bonds. The van der Waals surface area contributed by atoms with Crippen molar-refractivity contribution in [3.05, 3.63) is 38.5 Å². The van der Waals surface area contributed by atoms with Gasteiger partial charge in [-0.1, -0.05) is 6.07 Å². The molecule has 3 rings (SSSR count). The highest BCUT2D eigenvalue weighted by Gasteiger charge is 2.26. The number of aromatic nitrogens is 1. The van der Waals surface area contributed by atoms with Crippen LogP contribution in [0.5, 0.6) is 0 Å². The molecule has 1 aliphatic heterocycles. The Morgan fingerprint density at radius 2 is 2.09 bits per heavy atom. The summed E-state index contributed by atoms with van der Waals surface area (Å²) in [5.74, 6) is -0.762. The Kier molecular flexibility index (Phi) is 5.20. The third-order valence-electron chi connectivity index (χ3n) is 3.87. The van der Waals surface area contributed by atoms with E-state index in [-0.39, 0.29) is 11.7 Å². The number of rotatable bonds is 4. The maximum Gasteiger partial charge on any atom is 0.295 e. The van der Waals surface area contributed by atoms with Crippen LogP contribution in [0, 0.1) is 6.92 Å². The van der Waals surface area contributed by atoms with Gasteiger partial charge in [0.2, 0.25) is 0 Å². The molecule has 122 valence electrons. The number of Topliss-reactive ketones (excluding diaryl/α,β-unsaturated/α-hetero) is 1. The Hall–Kier alpha value is -1.57. The predicted molar refractivity (Wildman–Crippen MR) is 92.0 cm³/mol. The number of hydrogen-bond acceptors (Lipinski definition) is 6. The Morgan fingerprint density at radius 3 is 2.78 bits per heavy atom. The van der Waals surface area contributed by atoms with Gasteiger partial charge in [0.05, 0.1) is 15.6 Å². The Labute approximate surface area is 143 Å². The van der Waals surface area contributed by atoms with Gasteiger partial charge in [0.15, 0.2) is 0 Å². The fraction of sp³-hybridized carbons (Fsp3) is 0.438. The summed E-state index contributed by atoms with van der Waals surface area (Å²) in [5, 5.41) is 4.98. The van der Waals surface area contributed by atoms with Gasteiger partial charge in [-0.15, -0.1) is 22.7 Å². The van der Waals surface area contributed by atoms with Gasteiger partial charge < -0.3 is 4.90 Å². The second-order valence-electron chi connectivity index (χ2n) is 5.59. The van der Waals surface area contributed by atoms with Crippen LogP contribution in [0.2, 0.25) is 0 Å². The molecule has 0 saturated carbocycles. The molecule has 5 nitrogen and oxygen atoms in total. The van der Waals surface area contributed by atoms with Crippen molar-refractivity contribution < 1.29 is 9.59 Å². The summed E-state index contributed by atoms with van der Waals surface area (Å²) in [6, 6.07) is 3.50. The smallest absolute Gasteiger partial charge is 0.295 e. The van der Waals surface area contributed by atoms with Gasteiger partial charge in [0.1, 0.15) is 0 Å². The van der Waals surface area contributed by atoms with E-state index in [1.54, 1.807) is 28.4 Å². The molecule has 3 heterocycles. The van der Waals surface area contributed by atoms with Gasteiger partial charge >= 0.3 is 0 Å². The highest BCUT2D eigenvalue weighted by Crippen LogP contribution is 2.14. The number of thiazole rings is 1. The van der Waals surface area contributed by atoms with Crippen LogP contribution in [0.15, 0.2) is 22.9 Å². The molecule has 1 aliphatic rings. The summed E-state index contributed by atoms with van der Waals surface area (Å²) in [6.45, 7) is 5.76. The first-order valence-corrected chi connectivity index (χ1v) is 9.40. The van der Waals surface area contributed by atoms with Crippen molar-refractivity contribution in [2.45, 2.75) is 19.9 Å². The van der Waals surface area contributed by atoms with Crippen LogP contribution in [0.1, 0.15) is 26.8 Å². The lowest BCUT2D eigenvalue weighted by Crippen LogP contribution is -2.39. The summed E-state index contributed by atoms with van der Waals surface area (Å²) < 4.78 is 0. The summed E-state index contributed by atoms with van der Waals surface area (Å²) >= 11 is 2.98. The summed E-state index contributed by atoms with van der Waals surface area (Å²) in [5.41, 5.74) is 1.09. The predicted octanol–water partition coefficient (Wildman–Crippen LogP) is 2.43. The maximum absolute atomic E-state index is 12.4. The van der Waals surface area contributed by atoms with Gasteiger partial charge in [-0.05, 0) is 24.8 Å². The zero-order chi connectivity index (χ0) is 16.2. The first-order chi connectivity index (χ1) is 11.1. The molecule has 0 aromatic carbocycles. The van der Waals surface area contributed by atoms with E-state index < -0.39 is 0 Å². The molecule has 0 aliphatic carbocycles. The lowest BCUT2D eigenvalue weighted by atomic mass is 10.2. The van der Waals surface area contributed by atoms with Gasteiger partial charge in [-0.25, -0.2) is 4.98 Å². The molecule has 1 saturated heterocycles. The molecule has 0 radical (unpaired) electrons. The monoisotopic (exact) mass is 349 g/mol. The molecule has 0 unspecified atom stereocenters. The van der Waals surface area contributed by atoms with Crippen molar-refractivity contribution in [3.63, 3.8) is 0 Å². The molecule has 7 heteroatoms. The Bertz CT molecular complexity index is 681. The molecule has 0 bridgehead atoms. The first kappa shape index (κ1) is 16.3. The third kappa shape index (κ3) is 4.04. The molecule has 1 fully saturated rings. The van der Waals surface area contributed by atoms with E-state index >= 15 is 0 Å². The number of ketones is 1. The number of hydrogen-bond donors (Lipinski definition) is 0. The van der Waals surface area contributed by atoms with Gasteiger partial charge in [-0.2, -0.15) is 0 Å². The second kappa shape index (κ2) is 7.33. The number of nitrogens with zero attached hydrogens (tertiary/aromatic N) is 3. The largest absolute Gasteiger partial charge is 0.334 e. The van der Waals surface area contributed by atoms with Crippen LogP contribution < -0.4 is 0 Å². The van der Waals surface area contributed by atoms with Crippen molar-refractivity contribution in [2.75, 3.05) is 26.2 Å². The van der Waals surface area contributed by atoms with E-state index in [1.807, 2.05) is 12.3 Å². The quantitative estimate of drug-likeness (QED) is 0.628. The maximum atomic E-state index is 12.4. The van der Waals surface area contributed by atoms with E-state index in [1.165, 1.54) is 11.3 Å². The molecule has 2 aromatic rings. The van der Waals surface area contributed by atoms with Crippen molar-refractivity contribution in [2.24, 2.45) is 0 Å². The highest BCUT2D eigenvalue weighted by atomic mass is 32.1. The van der Waals surface area contributed by atoms with Crippen LogP contribution in [-0.4, -0.2) is 52.7 Å². The van der Waals surface area contributed by atoms with Crippen LogP contribution in [0.25, 0.3) is 0 Å². The van der Waals surface area contributed by atoms with Crippen molar-refractivity contribution in [1.29, 1.82) is 0 Å². The van der Waals surface area contributed by atoms with E-state index in [9.17, 15) is 9.59 Å². The van der Waals surface area contributed by atoms with E-state index in [2.05, 4.69) is 15.3 Å². The minimum atomic E-state index is -0.386. The Morgan fingerprint density at radius 1 is 1.22 bits per heavy atom. The number of carbonyl (C=O) groups excluding carboxylic acids is 2. The van der Waals surface area contributed by atoms with Crippen molar-refractivity contribution in [3.8, 4) is 0 Å². The van der Waals surface area contributed by atoms with Crippen LogP contribution in [0.3, 0.4) is 0 Å². The number of aryl methyl sites for hydroxylation is 1. The van der Waals surface area contributed by atoms with E-state index in [0.29, 0.717) is 18.0 Å². The fourth-order valence-electron chi connectivity index (χ4n) is 2.70. The number of carbonyl (C=O) groups is 2. The van der Waals surface area contributed by atoms with Crippen LogP contribution >= 0.6 is 22.7 Å². The van der Waals surface area contributed by atoms with Gasteiger partial charge in [0, 0.05) is 38.1 Å². The summed E-state index contributed by atoms with van der Waals surface area (Å²) in [7, 11) is 0. The molecule has 23 heavy (non-hydrogen) atoms. The molecule has 0 atom stereocenters. The minimum absolute atomic E-state index is 0.376. The zero-order valence-corrected chi connectivity index (χ0v) is 14.7. The average Bonchev–Trinajstić information content (AvgIpc) is 3.15. The first-order valence-electron chi connectivity index (χ1n) is 7.64. The molecule has 0 N–H and O–H groups in total. The summed E-state index contributed by atoms with van der Waals surface area (Å²) in [6.07, 6.45) is 0.882. The van der Waals surface area contributed by atoms with Crippen LogP contribution in [0.4, 0.5) is 0 Å². The topological polar surface area (TPSA) is 53.5 Å². The molecular weight excluding hydrogens is 330 g/mol. The van der Waals surface area contributed by atoms with Gasteiger partial charge in [-0.3, -0.25) is 14.5 Å².